The standard InChI is InChI=1S/C20H21NO2/c1-23-18-10-4-7-15-11-12-17(20(22)19(15)18)21-13-5-8-14-6-2-3-9-16(14)21/h2-4,6-7,9-12,17,20,22H,5,8,13H2,1H3/t17-,20+/m0/s1. The van der Waals surface area contributed by atoms with Crippen LogP contribution in [0.4, 0.5) is 5.69 Å². The van der Waals surface area contributed by atoms with Gasteiger partial charge >= 0.3 is 0 Å². The average Bonchev–Trinajstić information content (AvgIpc) is 2.61. The van der Waals surface area contributed by atoms with Crippen molar-refractivity contribution in [1.82, 2.24) is 0 Å². The van der Waals surface area contributed by atoms with E-state index in [0.29, 0.717) is 0 Å². The molecule has 0 aromatic heterocycles. The van der Waals surface area contributed by atoms with E-state index in [1.54, 1.807) is 7.11 Å². The molecule has 2 atom stereocenters. The van der Waals surface area contributed by atoms with Gasteiger partial charge in [-0.1, -0.05) is 42.5 Å². The van der Waals surface area contributed by atoms with Crippen molar-refractivity contribution in [2.45, 2.75) is 25.0 Å². The quantitative estimate of drug-likeness (QED) is 0.920. The third-order valence-corrected chi connectivity index (χ3v) is 4.92. The topological polar surface area (TPSA) is 32.7 Å². The minimum atomic E-state index is -0.586. The summed E-state index contributed by atoms with van der Waals surface area (Å²) < 4.78 is 5.48. The van der Waals surface area contributed by atoms with Gasteiger partial charge in [0.05, 0.1) is 13.2 Å². The molecular formula is C20H21NO2. The maximum Gasteiger partial charge on any atom is 0.125 e. The number of hydrogen-bond donors (Lipinski definition) is 1. The number of ether oxygens (including phenoxy) is 1. The highest BCUT2D eigenvalue weighted by atomic mass is 16.5. The predicted octanol–water partition coefficient (Wildman–Crippen LogP) is 3.58. The van der Waals surface area contributed by atoms with Crippen LogP contribution >= 0.6 is 0 Å². The Balaban J connectivity index is 1.75. The number of anilines is 1. The molecule has 0 saturated heterocycles. The lowest BCUT2D eigenvalue weighted by atomic mass is 9.88. The minimum Gasteiger partial charge on any atom is -0.496 e. The fourth-order valence-electron chi connectivity index (χ4n) is 3.83. The molecule has 2 aliphatic rings. The second-order valence-corrected chi connectivity index (χ2v) is 6.18. The van der Waals surface area contributed by atoms with Crippen molar-refractivity contribution in [2.75, 3.05) is 18.6 Å². The Morgan fingerprint density at radius 1 is 1.13 bits per heavy atom. The Bertz CT molecular complexity index is 753. The number of rotatable bonds is 2. The number of hydrogen-bond acceptors (Lipinski definition) is 3. The zero-order valence-corrected chi connectivity index (χ0v) is 13.3. The summed E-state index contributed by atoms with van der Waals surface area (Å²) in [6.45, 7) is 0.966. The molecule has 0 spiro atoms. The molecule has 1 aliphatic carbocycles. The molecule has 1 N–H and O–H groups in total. The van der Waals surface area contributed by atoms with E-state index in [2.05, 4.69) is 41.3 Å². The molecule has 0 fully saturated rings. The molecule has 0 saturated carbocycles. The first-order valence-electron chi connectivity index (χ1n) is 8.17. The van der Waals surface area contributed by atoms with Crippen LogP contribution in [0.2, 0.25) is 0 Å². The van der Waals surface area contributed by atoms with Crippen molar-refractivity contribution in [2.24, 2.45) is 0 Å². The molecule has 1 heterocycles. The van der Waals surface area contributed by atoms with Gasteiger partial charge < -0.3 is 14.7 Å². The molecule has 0 radical (unpaired) electrons. The summed E-state index contributed by atoms with van der Waals surface area (Å²) in [5.74, 6) is 0.759. The number of nitrogens with zero attached hydrogens (tertiary/aromatic N) is 1. The van der Waals surface area contributed by atoms with Crippen LogP contribution in [-0.2, 0) is 6.42 Å². The highest BCUT2D eigenvalue weighted by molar-refractivity contribution is 5.66. The SMILES string of the molecule is COc1cccc2c1[C@H](O)[C@@H](N1CCCc3ccccc31)C=C2. The van der Waals surface area contributed by atoms with Gasteiger partial charge in [0.2, 0.25) is 0 Å². The van der Waals surface area contributed by atoms with E-state index in [1.807, 2.05) is 18.2 Å². The summed E-state index contributed by atoms with van der Waals surface area (Å²) in [7, 11) is 1.66. The van der Waals surface area contributed by atoms with Gasteiger partial charge in [-0.3, -0.25) is 0 Å². The van der Waals surface area contributed by atoms with Crippen LogP contribution in [0.3, 0.4) is 0 Å². The van der Waals surface area contributed by atoms with Crippen LogP contribution in [-0.4, -0.2) is 24.8 Å². The maximum absolute atomic E-state index is 11.0. The first kappa shape index (κ1) is 14.3. The largest absolute Gasteiger partial charge is 0.496 e. The van der Waals surface area contributed by atoms with Crippen molar-refractivity contribution in [3.8, 4) is 5.75 Å². The first-order valence-corrected chi connectivity index (χ1v) is 8.17. The normalized spacial score (nSPS) is 22.4. The summed E-state index contributed by atoms with van der Waals surface area (Å²) in [6.07, 6.45) is 5.87. The van der Waals surface area contributed by atoms with E-state index in [1.165, 1.54) is 11.3 Å². The molecule has 1 aliphatic heterocycles. The van der Waals surface area contributed by atoms with Gasteiger partial charge in [-0.15, -0.1) is 0 Å². The van der Waals surface area contributed by atoms with Crippen LogP contribution in [0, 0.1) is 0 Å². The Kier molecular flexibility index (Phi) is 3.58. The zero-order chi connectivity index (χ0) is 15.8. The number of aliphatic hydroxyl groups is 1. The lowest BCUT2D eigenvalue weighted by Crippen LogP contribution is -2.42. The van der Waals surface area contributed by atoms with Gasteiger partial charge in [0.1, 0.15) is 11.9 Å². The van der Waals surface area contributed by atoms with Gasteiger partial charge in [0, 0.05) is 17.8 Å². The number of aryl methyl sites for hydroxylation is 1. The molecule has 0 unspecified atom stereocenters. The van der Waals surface area contributed by atoms with E-state index in [9.17, 15) is 5.11 Å². The summed E-state index contributed by atoms with van der Waals surface area (Å²) in [5, 5.41) is 11.0. The number of methoxy groups -OCH3 is 1. The molecule has 3 nitrogen and oxygen atoms in total. The fourth-order valence-corrected chi connectivity index (χ4v) is 3.83. The average molecular weight is 307 g/mol. The minimum absolute atomic E-state index is 0.0553. The summed E-state index contributed by atoms with van der Waals surface area (Å²) >= 11 is 0. The van der Waals surface area contributed by atoms with Crippen molar-refractivity contribution in [1.29, 1.82) is 0 Å². The van der Waals surface area contributed by atoms with Gasteiger partial charge in [-0.05, 0) is 36.1 Å². The van der Waals surface area contributed by atoms with E-state index >= 15 is 0 Å². The Morgan fingerprint density at radius 3 is 2.87 bits per heavy atom. The summed E-state index contributed by atoms with van der Waals surface area (Å²) in [4.78, 5) is 2.33. The highest BCUT2D eigenvalue weighted by Crippen LogP contribution is 2.40. The molecule has 0 bridgehead atoms. The second kappa shape index (κ2) is 5.74. The number of benzene rings is 2. The van der Waals surface area contributed by atoms with Crippen molar-refractivity contribution >= 4 is 11.8 Å². The monoisotopic (exact) mass is 307 g/mol. The van der Waals surface area contributed by atoms with Crippen LogP contribution in [0.25, 0.3) is 6.08 Å². The number of para-hydroxylation sites is 1. The lowest BCUT2D eigenvalue weighted by molar-refractivity contribution is 0.152. The molecule has 3 heteroatoms. The Hall–Kier alpha value is -2.26. The number of fused-ring (bicyclic) bond motifs is 2. The van der Waals surface area contributed by atoms with E-state index in [-0.39, 0.29) is 6.04 Å². The third kappa shape index (κ3) is 2.32. The predicted molar refractivity (Wildman–Crippen MR) is 92.9 cm³/mol. The van der Waals surface area contributed by atoms with Crippen LogP contribution in [0.5, 0.6) is 5.75 Å². The van der Waals surface area contributed by atoms with Crippen LogP contribution in [0.1, 0.15) is 29.2 Å². The second-order valence-electron chi connectivity index (χ2n) is 6.18. The van der Waals surface area contributed by atoms with Crippen LogP contribution in [0.15, 0.2) is 48.5 Å². The molecule has 118 valence electrons. The third-order valence-electron chi connectivity index (χ3n) is 4.92. The molecule has 23 heavy (non-hydrogen) atoms. The van der Waals surface area contributed by atoms with Gasteiger partial charge in [0.15, 0.2) is 0 Å². The van der Waals surface area contributed by atoms with Crippen molar-refractivity contribution < 1.29 is 9.84 Å². The molecule has 2 aromatic rings. The van der Waals surface area contributed by atoms with Gasteiger partial charge in [0.25, 0.3) is 0 Å². The summed E-state index contributed by atoms with van der Waals surface area (Å²) in [5.41, 5.74) is 4.54. The molecule has 4 rings (SSSR count). The van der Waals surface area contributed by atoms with Crippen molar-refractivity contribution in [3.05, 3.63) is 65.2 Å². The van der Waals surface area contributed by atoms with Gasteiger partial charge in [-0.25, -0.2) is 0 Å². The molecule has 2 aromatic carbocycles. The lowest BCUT2D eigenvalue weighted by Gasteiger charge is -2.40. The zero-order valence-electron chi connectivity index (χ0n) is 13.3. The fraction of sp³-hybridized carbons (Fsp3) is 0.300. The molecular weight excluding hydrogens is 286 g/mol. The van der Waals surface area contributed by atoms with Crippen molar-refractivity contribution in [3.63, 3.8) is 0 Å². The van der Waals surface area contributed by atoms with E-state index in [0.717, 1.165) is 36.3 Å². The first-order chi connectivity index (χ1) is 11.3. The Labute approximate surface area is 136 Å². The highest BCUT2D eigenvalue weighted by Gasteiger charge is 2.33. The Morgan fingerprint density at radius 2 is 2.00 bits per heavy atom. The smallest absolute Gasteiger partial charge is 0.125 e. The maximum atomic E-state index is 11.0. The van der Waals surface area contributed by atoms with E-state index in [4.69, 9.17) is 4.74 Å². The molecule has 0 amide bonds. The van der Waals surface area contributed by atoms with E-state index < -0.39 is 6.10 Å². The number of aliphatic hydroxyl groups excluding tert-OH is 1. The summed E-state index contributed by atoms with van der Waals surface area (Å²) in [6, 6.07) is 14.4. The van der Waals surface area contributed by atoms with Gasteiger partial charge in [-0.2, -0.15) is 0 Å². The van der Waals surface area contributed by atoms with Crippen LogP contribution < -0.4 is 9.64 Å².